The molecule has 3 aliphatic rings. The van der Waals surface area contributed by atoms with Crippen LogP contribution in [0.25, 0.3) is 0 Å². The van der Waals surface area contributed by atoms with Gasteiger partial charge in [0, 0.05) is 79.2 Å². The lowest BCUT2D eigenvalue weighted by atomic mass is 9.86. The van der Waals surface area contributed by atoms with E-state index in [1.807, 2.05) is 32.9 Å². The molecule has 1 aromatic heterocycles. The Morgan fingerprint density at radius 3 is 2.42 bits per heavy atom. The van der Waals surface area contributed by atoms with Crippen molar-refractivity contribution in [3.05, 3.63) is 56.0 Å². The number of hydrogen-bond donors (Lipinski definition) is 2. The number of aromatic nitrogens is 1. The number of nitrogens with two attached hydrogens (primary N) is 1. The van der Waals surface area contributed by atoms with Crippen molar-refractivity contribution < 1.29 is 14.3 Å². The molecule has 2 aliphatic heterocycles. The highest BCUT2D eigenvalue weighted by molar-refractivity contribution is 5.97. The number of benzene rings is 1. The van der Waals surface area contributed by atoms with Gasteiger partial charge in [0.05, 0.1) is 0 Å². The molecule has 0 atom stereocenters. The first-order valence-electron chi connectivity index (χ1n) is 15.2. The van der Waals surface area contributed by atoms with Gasteiger partial charge in [-0.25, -0.2) is 0 Å². The zero-order valence-electron chi connectivity index (χ0n) is 24.7. The molecular formula is C32H46N4O4. The van der Waals surface area contributed by atoms with E-state index in [9.17, 15) is 9.59 Å². The minimum Gasteiger partial charge on any atom is -0.490 e. The molecule has 0 bridgehead atoms. The lowest BCUT2D eigenvalue weighted by Crippen LogP contribution is -2.51. The van der Waals surface area contributed by atoms with E-state index in [1.165, 1.54) is 32.4 Å². The molecule has 5 rings (SSSR count). The molecule has 1 saturated carbocycles. The number of aryl methyl sites for hydroxylation is 2. The molecule has 3 heterocycles. The number of pyridine rings is 1. The van der Waals surface area contributed by atoms with Crippen LogP contribution in [-0.2, 0) is 11.2 Å². The first-order chi connectivity index (χ1) is 19.3. The highest BCUT2D eigenvalue weighted by Crippen LogP contribution is 2.41. The minimum atomic E-state index is -0.456. The summed E-state index contributed by atoms with van der Waals surface area (Å²) in [5, 5.41) is 0. The van der Waals surface area contributed by atoms with Crippen molar-refractivity contribution in [1.29, 1.82) is 0 Å². The zero-order chi connectivity index (χ0) is 28.4. The number of aromatic amines is 1. The largest absolute Gasteiger partial charge is 0.490 e. The number of anilines is 1. The molecule has 3 fully saturated rings. The average molecular weight is 551 g/mol. The number of primary amides is 1. The van der Waals surface area contributed by atoms with Crippen LogP contribution in [0.15, 0.2) is 16.9 Å². The van der Waals surface area contributed by atoms with Crippen molar-refractivity contribution in [3.63, 3.8) is 0 Å². The number of nitrogens with one attached hydrogen (secondary N) is 1. The number of nitrogens with zero attached hydrogens (tertiary/aromatic N) is 2. The Morgan fingerprint density at radius 2 is 1.80 bits per heavy atom. The molecule has 218 valence electrons. The van der Waals surface area contributed by atoms with E-state index in [0.717, 1.165) is 65.9 Å². The van der Waals surface area contributed by atoms with Crippen molar-refractivity contribution in [2.45, 2.75) is 97.2 Å². The average Bonchev–Trinajstić information content (AvgIpc) is 2.91. The summed E-state index contributed by atoms with van der Waals surface area (Å²) < 4.78 is 12.4. The van der Waals surface area contributed by atoms with Gasteiger partial charge in [-0.1, -0.05) is 6.42 Å². The van der Waals surface area contributed by atoms with Gasteiger partial charge in [0.25, 0.3) is 5.56 Å². The van der Waals surface area contributed by atoms with Crippen LogP contribution in [0.4, 0.5) is 5.69 Å². The maximum absolute atomic E-state index is 13.2. The van der Waals surface area contributed by atoms with Crippen LogP contribution in [0.3, 0.4) is 0 Å². The van der Waals surface area contributed by atoms with Crippen LogP contribution in [0.1, 0.15) is 90.2 Å². The third-order valence-electron chi connectivity index (χ3n) is 9.26. The molecular weight excluding hydrogens is 504 g/mol. The first kappa shape index (κ1) is 28.7. The fourth-order valence-corrected chi connectivity index (χ4v) is 6.99. The van der Waals surface area contributed by atoms with E-state index in [1.54, 1.807) is 0 Å². The molecule has 1 amide bonds. The Balaban J connectivity index is 1.57. The number of H-pyrrole nitrogens is 1. The SMILES string of the molecule is CCN(c1c(C)c(C(N)=O)cc(OC2CC(N3CCCCC3)C2)c1Cc1c(C)cc(C)[nH]c1=O)C1CCOCC1. The topological polar surface area (TPSA) is 101 Å². The summed E-state index contributed by atoms with van der Waals surface area (Å²) in [6.45, 7) is 12.6. The van der Waals surface area contributed by atoms with Crippen LogP contribution < -0.4 is 20.9 Å². The molecule has 0 spiro atoms. The fourth-order valence-electron chi connectivity index (χ4n) is 6.99. The number of likely N-dealkylation sites (tertiary alicyclic amines) is 1. The van der Waals surface area contributed by atoms with E-state index in [2.05, 4.69) is 21.7 Å². The summed E-state index contributed by atoms with van der Waals surface area (Å²) >= 11 is 0. The number of carbonyl (C=O) groups excluding carboxylic acids is 1. The lowest BCUT2D eigenvalue weighted by Gasteiger charge is -2.44. The molecule has 40 heavy (non-hydrogen) atoms. The highest BCUT2D eigenvalue weighted by atomic mass is 16.5. The van der Waals surface area contributed by atoms with Crippen molar-refractivity contribution in [3.8, 4) is 5.75 Å². The summed E-state index contributed by atoms with van der Waals surface area (Å²) in [4.78, 5) is 33.9. The minimum absolute atomic E-state index is 0.0750. The van der Waals surface area contributed by atoms with Gasteiger partial charge in [-0.15, -0.1) is 0 Å². The third kappa shape index (κ3) is 5.93. The molecule has 8 heteroatoms. The number of piperidine rings is 1. The number of amides is 1. The Bertz CT molecular complexity index is 1270. The molecule has 2 aromatic rings. The molecule has 3 N–H and O–H groups in total. The number of rotatable bonds is 9. The number of ether oxygens (including phenoxy) is 2. The van der Waals surface area contributed by atoms with Gasteiger partial charge in [0.1, 0.15) is 11.9 Å². The van der Waals surface area contributed by atoms with Gasteiger partial charge in [-0.2, -0.15) is 0 Å². The Morgan fingerprint density at radius 1 is 1.10 bits per heavy atom. The molecule has 0 unspecified atom stereocenters. The molecule has 1 aromatic carbocycles. The Labute approximate surface area is 238 Å². The van der Waals surface area contributed by atoms with Gasteiger partial charge < -0.3 is 30.0 Å². The zero-order valence-corrected chi connectivity index (χ0v) is 24.7. The monoisotopic (exact) mass is 550 g/mol. The maximum atomic E-state index is 13.2. The number of hydrogen-bond acceptors (Lipinski definition) is 6. The summed E-state index contributed by atoms with van der Waals surface area (Å²) in [6, 6.07) is 4.69. The second kappa shape index (κ2) is 12.4. The van der Waals surface area contributed by atoms with Gasteiger partial charge in [0.15, 0.2) is 0 Å². The van der Waals surface area contributed by atoms with Crippen molar-refractivity contribution >= 4 is 11.6 Å². The maximum Gasteiger partial charge on any atom is 0.251 e. The van der Waals surface area contributed by atoms with Gasteiger partial charge >= 0.3 is 0 Å². The predicted molar refractivity (Wildman–Crippen MR) is 159 cm³/mol. The van der Waals surface area contributed by atoms with E-state index < -0.39 is 5.91 Å². The first-order valence-corrected chi connectivity index (χ1v) is 15.2. The normalized spacial score (nSPS) is 22.1. The second-order valence-corrected chi connectivity index (χ2v) is 11.9. The molecule has 1 aliphatic carbocycles. The van der Waals surface area contributed by atoms with Gasteiger partial charge in [-0.3, -0.25) is 9.59 Å². The van der Waals surface area contributed by atoms with Crippen LogP contribution in [-0.4, -0.2) is 66.8 Å². The van der Waals surface area contributed by atoms with E-state index in [-0.39, 0.29) is 17.7 Å². The quantitative estimate of drug-likeness (QED) is 0.480. The summed E-state index contributed by atoms with van der Waals surface area (Å²) in [5.41, 5.74) is 11.7. The van der Waals surface area contributed by atoms with Crippen LogP contribution in [0, 0.1) is 20.8 Å². The third-order valence-corrected chi connectivity index (χ3v) is 9.26. The summed E-state index contributed by atoms with van der Waals surface area (Å²) in [5.74, 6) is 0.226. The smallest absolute Gasteiger partial charge is 0.251 e. The van der Waals surface area contributed by atoms with Crippen LogP contribution >= 0.6 is 0 Å². The van der Waals surface area contributed by atoms with E-state index >= 15 is 0 Å². The molecule has 2 saturated heterocycles. The predicted octanol–water partition coefficient (Wildman–Crippen LogP) is 4.39. The van der Waals surface area contributed by atoms with Crippen molar-refractivity contribution in [2.24, 2.45) is 5.73 Å². The summed E-state index contributed by atoms with van der Waals surface area (Å²) in [7, 11) is 0. The Hall–Kier alpha value is -2.84. The van der Waals surface area contributed by atoms with E-state index in [4.69, 9.17) is 15.2 Å². The van der Waals surface area contributed by atoms with Gasteiger partial charge in [-0.05, 0) is 89.7 Å². The van der Waals surface area contributed by atoms with Crippen molar-refractivity contribution in [1.82, 2.24) is 9.88 Å². The second-order valence-electron chi connectivity index (χ2n) is 11.9. The fraction of sp³-hybridized carbons (Fsp3) is 0.625. The molecule has 0 radical (unpaired) electrons. The highest BCUT2D eigenvalue weighted by Gasteiger charge is 2.37. The van der Waals surface area contributed by atoms with Crippen LogP contribution in [0.5, 0.6) is 5.75 Å². The number of carbonyl (C=O) groups is 1. The lowest BCUT2D eigenvalue weighted by molar-refractivity contribution is 0.00849. The van der Waals surface area contributed by atoms with E-state index in [0.29, 0.717) is 37.0 Å². The van der Waals surface area contributed by atoms with Gasteiger partial charge in [0.2, 0.25) is 5.91 Å². The van der Waals surface area contributed by atoms with Crippen LogP contribution in [0.2, 0.25) is 0 Å². The Kier molecular flexibility index (Phi) is 8.86. The molecule has 8 nitrogen and oxygen atoms in total. The standard InChI is InChI=1S/C32H46N4O4/c1-5-36(23-9-13-39-14-10-23)30-22(4)27(31(33)37)19-29(28(30)18-26-20(2)15-21(3)34-32(26)38)40-25-16-24(17-25)35-11-7-6-8-12-35/h15,19,23-25H,5-14,16-18H2,1-4H3,(H2,33,37)(H,34,38). The summed E-state index contributed by atoms with van der Waals surface area (Å²) in [6.07, 6.45) is 8.17. The van der Waals surface area contributed by atoms with Crippen molar-refractivity contribution in [2.75, 3.05) is 37.7 Å².